The molecule has 1 heterocycles. The lowest BCUT2D eigenvalue weighted by Crippen LogP contribution is -2.02. The van der Waals surface area contributed by atoms with Gasteiger partial charge in [0, 0.05) is 19.4 Å². The van der Waals surface area contributed by atoms with Crippen molar-refractivity contribution in [2.24, 2.45) is 0 Å². The topological polar surface area (TPSA) is 9.23 Å². The summed E-state index contributed by atoms with van der Waals surface area (Å²) in [6, 6.07) is 4.08. The Hall–Kier alpha value is -0.0300. The first-order chi connectivity index (χ1) is 8.97. The van der Waals surface area contributed by atoms with Crippen LogP contribution in [0.5, 0.6) is 5.75 Å². The molecule has 0 aliphatic rings. The minimum atomic E-state index is -0.222. The Kier molecular flexibility index (Phi) is 4.99. The van der Waals surface area contributed by atoms with E-state index in [-0.39, 0.29) is 5.38 Å². The van der Waals surface area contributed by atoms with Gasteiger partial charge in [0.1, 0.15) is 5.75 Å². The van der Waals surface area contributed by atoms with Crippen molar-refractivity contribution in [3.8, 4) is 5.75 Å². The number of hydrogen-bond acceptors (Lipinski definition) is 2. The molecule has 5 heteroatoms. The maximum absolute atomic E-state index is 6.69. The lowest BCUT2D eigenvalue weighted by atomic mass is 10.00. The monoisotopic (exact) mass is 422 g/mol. The van der Waals surface area contributed by atoms with Crippen LogP contribution in [-0.2, 0) is 0 Å². The zero-order chi connectivity index (χ0) is 14.2. The molecule has 1 aromatic carbocycles. The summed E-state index contributed by atoms with van der Waals surface area (Å²) in [5.41, 5.74) is 3.22. The highest BCUT2D eigenvalue weighted by atomic mass is 79.9. The minimum absolute atomic E-state index is 0.222. The molecule has 1 unspecified atom stereocenters. The number of thiophene rings is 1. The molecule has 1 aromatic heterocycles. The maximum Gasteiger partial charge on any atom is 0.127 e. The number of rotatable bonds is 3. The molecule has 0 bridgehead atoms. The van der Waals surface area contributed by atoms with Gasteiger partial charge < -0.3 is 4.74 Å². The van der Waals surface area contributed by atoms with Gasteiger partial charge in [-0.3, -0.25) is 0 Å². The van der Waals surface area contributed by atoms with Gasteiger partial charge in [0.25, 0.3) is 0 Å². The van der Waals surface area contributed by atoms with Crippen molar-refractivity contribution in [3.63, 3.8) is 0 Å². The number of methoxy groups -OCH3 is 1. The van der Waals surface area contributed by atoms with Crippen LogP contribution in [0.1, 0.15) is 26.9 Å². The molecule has 1 atom stereocenters. The van der Waals surface area contributed by atoms with Gasteiger partial charge in [-0.2, -0.15) is 0 Å². The van der Waals surface area contributed by atoms with Crippen molar-refractivity contribution in [1.82, 2.24) is 0 Å². The van der Waals surface area contributed by atoms with Crippen LogP contribution < -0.4 is 4.74 Å². The zero-order valence-electron chi connectivity index (χ0n) is 10.8. The van der Waals surface area contributed by atoms with E-state index in [0.717, 1.165) is 36.3 Å². The molecule has 0 aliphatic carbocycles. The number of ether oxygens (including phenoxy) is 1. The van der Waals surface area contributed by atoms with Crippen LogP contribution in [-0.4, -0.2) is 7.11 Å². The van der Waals surface area contributed by atoms with Gasteiger partial charge in [-0.25, -0.2) is 0 Å². The third-order valence-corrected chi connectivity index (χ3v) is 6.37. The smallest absolute Gasteiger partial charge is 0.127 e. The number of halogens is 3. The fourth-order valence-corrected chi connectivity index (χ4v) is 4.88. The number of alkyl halides is 1. The molecule has 0 saturated carbocycles. The van der Waals surface area contributed by atoms with Gasteiger partial charge in [0.05, 0.1) is 12.5 Å². The van der Waals surface area contributed by atoms with Crippen molar-refractivity contribution in [3.05, 3.63) is 48.0 Å². The summed E-state index contributed by atoms with van der Waals surface area (Å²) in [6.07, 6.45) is 0. The Morgan fingerprint density at radius 3 is 2.47 bits per heavy atom. The Morgan fingerprint density at radius 2 is 1.95 bits per heavy atom. The third kappa shape index (κ3) is 2.87. The standard InChI is InChI=1S/C14H13Br2ClOS/c1-7-6-10(16)8(2)11(13(7)18-3)12(17)14-9(15)4-5-19-14/h4-6,12H,1-3H3. The van der Waals surface area contributed by atoms with Gasteiger partial charge in [-0.05, 0) is 58.4 Å². The Labute approximate surface area is 139 Å². The van der Waals surface area contributed by atoms with Crippen LogP contribution in [0.15, 0.2) is 26.5 Å². The first-order valence-corrected chi connectivity index (χ1v) is 8.58. The summed E-state index contributed by atoms with van der Waals surface area (Å²) in [7, 11) is 1.69. The van der Waals surface area contributed by atoms with Gasteiger partial charge >= 0.3 is 0 Å². The van der Waals surface area contributed by atoms with E-state index in [1.54, 1.807) is 18.4 Å². The highest BCUT2D eigenvalue weighted by molar-refractivity contribution is 9.10. The van der Waals surface area contributed by atoms with E-state index in [1.807, 2.05) is 18.4 Å². The van der Waals surface area contributed by atoms with E-state index in [4.69, 9.17) is 16.3 Å². The van der Waals surface area contributed by atoms with Crippen LogP contribution in [0.4, 0.5) is 0 Å². The molecule has 0 N–H and O–H groups in total. The van der Waals surface area contributed by atoms with Gasteiger partial charge in [-0.15, -0.1) is 22.9 Å². The molecule has 0 saturated heterocycles. The highest BCUT2D eigenvalue weighted by Crippen LogP contribution is 2.45. The fraction of sp³-hybridized carbons (Fsp3) is 0.286. The van der Waals surface area contributed by atoms with E-state index in [9.17, 15) is 0 Å². The first kappa shape index (κ1) is 15.4. The van der Waals surface area contributed by atoms with Crippen molar-refractivity contribution in [2.75, 3.05) is 7.11 Å². The number of benzene rings is 1. The number of hydrogen-bond donors (Lipinski definition) is 0. The van der Waals surface area contributed by atoms with E-state index in [0.29, 0.717) is 0 Å². The Balaban J connectivity index is 2.64. The quantitative estimate of drug-likeness (QED) is 0.531. The molecule has 0 fully saturated rings. The summed E-state index contributed by atoms with van der Waals surface area (Å²) in [4.78, 5) is 1.10. The molecule has 2 rings (SSSR count). The van der Waals surface area contributed by atoms with Crippen LogP contribution in [0.2, 0.25) is 0 Å². The second-order valence-electron chi connectivity index (χ2n) is 4.24. The predicted molar refractivity (Wildman–Crippen MR) is 89.9 cm³/mol. The molecule has 2 aromatic rings. The molecule has 0 aliphatic heterocycles. The molecule has 19 heavy (non-hydrogen) atoms. The first-order valence-electron chi connectivity index (χ1n) is 5.68. The van der Waals surface area contributed by atoms with Gasteiger partial charge in [0.15, 0.2) is 0 Å². The fourth-order valence-electron chi connectivity index (χ4n) is 2.07. The number of aryl methyl sites for hydroxylation is 1. The average Bonchev–Trinajstić information content (AvgIpc) is 2.79. The van der Waals surface area contributed by atoms with Gasteiger partial charge in [0.2, 0.25) is 0 Å². The summed E-state index contributed by atoms with van der Waals surface area (Å²) >= 11 is 15.5. The maximum atomic E-state index is 6.69. The van der Waals surface area contributed by atoms with E-state index < -0.39 is 0 Å². The Morgan fingerprint density at radius 1 is 1.26 bits per heavy atom. The summed E-state index contributed by atoms with van der Waals surface area (Å²) < 4.78 is 7.65. The highest BCUT2D eigenvalue weighted by Gasteiger charge is 2.24. The van der Waals surface area contributed by atoms with Crippen LogP contribution >= 0.6 is 54.8 Å². The lowest BCUT2D eigenvalue weighted by Gasteiger charge is -2.19. The summed E-state index contributed by atoms with van der Waals surface area (Å²) in [5.74, 6) is 0.862. The van der Waals surface area contributed by atoms with Crippen molar-refractivity contribution >= 4 is 54.8 Å². The predicted octanol–water partition coefficient (Wildman–Crippen LogP) is 6.23. The SMILES string of the molecule is COc1c(C)cc(Br)c(C)c1C(Cl)c1sccc1Br. The second-order valence-corrected chi connectivity index (χ2v) is 7.34. The van der Waals surface area contributed by atoms with Crippen molar-refractivity contribution < 1.29 is 4.74 Å². The largest absolute Gasteiger partial charge is 0.496 e. The van der Waals surface area contributed by atoms with Crippen LogP contribution in [0, 0.1) is 13.8 Å². The molecule has 1 nitrogen and oxygen atoms in total. The third-order valence-electron chi connectivity index (χ3n) is 3.04. The lowest BCUT2D eigenvalue weighted by molar-refractivity contribution is 0.406. The Bertz CT molecular complexity index is 610. The zero-order valence-corrected chi connectivity index (χ0v) is 15.5. The summed E-state index contributed by atoms with van der Waals surface area (Å²) in [6.45, 7) is 4.08. The molecular formula is C14H13Br2ClOS. The summed E-state index contributed by atoms with van der Waals surface area (Å²) in [5, 5.41) is 1.81. The molecular weight excluding hydrogens is 411 g/mol. The molecule has 102 valence electrons. The van der Waals surface area contributed by atoms with Crippen LogP contribution in [0.3, 0.4) is 0 Å². The molecule has 0 spiro atoms. The van der Waals surface area contributed by atoms with Crippen molar-refractivity contribution in [2.45, 2.75) is 19.2 Å². The molecule has 0 amide bonds. The minimum Gasteiger partial charge on any atom is -0.496 e. The van der Waals surface area contributed by atoms with Gasteiger partial charge in [-0.1, -0.05) is 15.9 Å². The van der Waals surface area contributed by atoms with Crippen LogP contribution in [0.25, 0.3) is 0 Å². The normalized spacial score (nSPS) is 12.5. The second kappa shape index (κ2) is 6.17. The average molecular weight is 425 g/mol. The molecule has 0 radical (unpaired) electrons. The van der Waals surface area contributed by atoms with Crippen molar-refractivity contribution in [1.29, 1.82) is 0 Å². The van der Waals surface area contributed by atoms with E-state index in [1.165, 1.54) is 0 Å². The van der Waals surface area contributed by atoms with E-state index >= 15 is 0 Å². The van der Waals surface area contributed by atoms with E-state index in [2.05, 4.69) is 44.8 Å².